The summed E-state index contributed by atoms with van der Waals surface area (Å²) in [7, 11) is 0. The molecular formula is C14H19ClFN3O2. The topological polar surface area (TPSA) is 67.6 Å². The van der Waals surface area contributed by atoms with E-state index < -0.39 is 5.82 Å². The summed E-state index contributed by atoms with van der Waals surface area (Å²) in [4.78, 5) is 14.0. The van der Waals surface area contributed by atoms with E-state index in [1.165, 1.54) is 12.1 Å². The van der Waals surface area contributed by atoms with Crippen LogP contribution in [-0.4, -0.2) is 49.2 Å². The fourth-order valence-corrected chi connectivity index (χ4v) is 2.39. The Kier molecular flexibility index (Phi) is 5.52. The van der Waals surface area contributed by atoms with Gasteiger partial charge < -0.3 is 15.8 Å². The van der Waals surface area contributed by atoms with Crippen LogP contribution in [0.25, 0.3) is 0 Å². The number of rotatable bonds is 4. The molecule has 2 atom stereocenters. The van der Waals surface area contributed by atoms with Gasteiger partial charge in [0.2, 0.25) is 5.91 Å². The molecule has 0 spiro atoms. The Morgan fingerprint density at radius 2 is 2.43 bits per heavy atom. The van der Waals surface area contributed by atoms with Crippen LogP contribution in [0.15, 0.2) is 18.2 Å². The summed E-state index contributed by atoms with van der Waals surface area (Å²) < 4.78 is 18.5. The van der Waals surface area contributed by atoms with Crippen molar-refractivity contribution in [2.45, 2.75) is 19.1 Å². The molecule has 1 aromatic carbocycles. The maximum Gasteiger partial charge on any atom is 0.238 e. The van der Waals surface area contributed by atoms with Crippen LogP contribution >= 0.6 is 11.6 Å². The largest absolute Gasteiger partial charge is 0.374 e. The van der Waals surface area contributed by atoms with E-state index in [-0.39, 0.29) is 29.6 Å². The van der Waals surface area contributed by atoms with Crippen molar-refractivity contribution in [3.05, 3.63) is 29.0 Å². The normalized spacial score (nSPS) is 21.0. The van der Waals surface area contributed by atoms with Crippen LogP contribution in [0.5, 0.6) is 0 Å². The second-order valence-corrected chi connectivity index (χ2v) is 5.58. The molecule has 3 N–H and O–H groups in total. The SMILES string of the molecule is CC(N)C1CN(CC(=O)Nc2ccc(F)cc2Cl)CCO1. The molecule has 0 aliphatic carbocycles. The molecule has 1 aliphatic rings. The molecule has 116 valence electrons. The molecule has 1 amide bonds. The van der Waals surface area contributed by atoms with Gasteiger partial charge in [0, 0.05) is 19.1 Å². The monoisotopic (exact) mass is 315 g/mol. The van der Waals surface area contributed by atoms with Crippen molar-refractivity contribution in [1.82, 2.24) is 4.90 Å². The van der Waals surface area contributed by atoms with E-state index in [0.29, 0.717) is 25.4 Å². The number of carbonyl (C=O) groups is 1. The van der Waals surface area contributed by atoms with Gasteiger partial charge in [0.15, 0.2) is 0 Å². The summed E-state index contributed by atoms with van der Waals surface area (Å²) in [6, 6.07) is 3.78. The second kappa shape index (κ2) is 7.17. The van der Waals surface area contributed by atoms with Gasteiger partial charge in [0.25, 0.3) is 0 Å². The highest BCUT2D eigenvalue weighted by Gasteiger charge is 2.24. The standard InChI is InChI=1S/C14H19ClFN3O2/c1-9(17)13-7-19(4-5-21-13)8-14(20)18-12-3-2-10(16)6-11(12)15/h2-3,6,9,13H,4-5,7-8,17H2,1H3,(H,18,20). The Morgan fingerprint density at radius 1 is 1.67 bits per heavy atom. The number of morpholine rings is 1. The van der Waals surface area contributed by atoms with E-state index in [9.17, 15) is 9.18 Å². The number of benzene rings is 1. The Labute approximate surface area is 128 Å². The van der Waals surface area contributed by atoms with Crippen molar-refractivity contribution < 1.29 is 13.9 Å². The molecular weight excluding hydrogens is 297 g/mol. The molecule has 2 unspecified atom stereocenters. The molecule has 21 heavy (non-hydrogen) atoms. The van der Waals surface area contributed by atoms with E-state index in [4.69, 9.17) is 22.1 Å². The van der Waals surface area contributed by atoms with E-state index in [1.807, 2.05) is 11.8 Å². The lowest BCUT2D eigenvalue weighted by molar-refractivity contribution is -0.119. The second-order valence-electron chi connectivity index (χ2n) is 5.18. The molecule has 0 bridgehead atoms. The maximum atomic E-state index is 12.9. The van der Waals surface area contributed by atoms with E-state index in [0.717, 1.165) is 6.07 Å². The van der Waals surface area contributed by atoms with Gasteiger partial charge in [-0.1, -0.05) is 11.6 Å². The van der Waals surface area contributed by atoms with Gasteiger partial charge in [-0.25, -0.2) is 4.39 Å². The molecule has 0 radical (unpaired) electrons. The fraction of sp³-hybridized carbons (Fsp3) is 0.500. The van der Waals surface area contributed by atoms with Crippen LogP contribution in [-0.2, 0) is 9.53 Å². The molecule has 0 saturated carbocycles. The summed E-state index contributed by atoms with van der Waals surface area (Å²) in [6.07, 6.45) is -0.0686. The average Bonchev–Trinajstić information content (AvgIpc) is 2.42. The molecule has 2 rings (SSSR count). The lowest BCUT2D eigenvalue weighted by Gasteiger charge is -2.34. The zero-order chi connectivity index (χ0) is 15.4. The smallest absolute Gasteiger partial charge is 0.238 e. The molecule has 1 saturated heterocycles. The number of halogens is 2. The number of hydrogen-bond donors (Lipinski definition) is 2. The number of anilines is 1. The third-order valence-electron chi connectivity index (χ3n) is 3.34. The van der Waals surface area contributed by atoms with Gasteiger partial charge in [0.05, 0.1) is 30.0 Å². The fourth-order valence-electron chi connectivity index (χ4n) is 2.18. The molecule has 1 fully saturated rings. The van der Waals surface area contributed by atoms with Crippen molar-refractivity contribution in [3.8, 4) is 0 Å². The van der Waals surface area contributed by atoms with Crippen molar-refractivity contribution in [2.75, 3.05) is 31.6 Å². The Morgan fingerprint density at radius 3 is 3.10 bits per heavy atom. The molecule has 1 heterocycles. The summed E-state index contributed by atoms with van der Waals surface area (Å²) in [5, 5.41) is 2.86. The number of nitrogens with zero attached hydrogens (tertiary/aromatic N) is 1. The number of ether oxygens (including phenoxy) is 1. The first-order chi connectivity index (χ1) is 9.95. The summed E-state index contributed by atoms with van der Waals surface area (Å²) in [6.45, 7) is 3.94. The first-order valence-corrected chi connectivity index (χ1v) is 7.18. The molecule has 7 heteroatoms. The van der Waals surface area contributed by atoms with Crippen LogP contribution in [0.2, 0.25) is 5.02 Å². The van der Waals surface area contributed by atoms with Gasteiger partial charge in [-0.3, -0.25) is 9.69 Å². The zero-order valence-corrected chi connectivity index (χ0v) is 12.6. The van der Waals surface area contributed by atoms with Crippen LogP contribution < -0.4 is 11.1 Å². The lowest BCUT2D eigenvalue weighted by atomic mass is 10.1. The van der Waals surface area contributed by atoms with Gasteiger partial charge in [-0.2, -0.15) is 0 Å². The average molecular weight is 316 g/mol. The lowest BCUT2D eigenvalue weighted by Crippen LogP contribution is -2.51. The molecule has 1 aromatic rings. The predicted molar refractivity (Wildman–Crippen MR) is 79.9 cm³/mol. The van der Waals surface area contributed by atoms with E-state index in [1.54, 1.807) is 0 Å². The molecule has 5 nitrogen and oxygen atoms in total. The third-order valence-corrected chi connectivity index (χ3v) is 3.65. The molecule has 0 aromatic heterocycles. The Bertz CT molecular complexity index is 513. The zero-order valence-electron chi connectivity index (χ0n) is 11.8. The summed E-state index contributed by atoms with van der Waals surface area (Å²) in [5.74, 6) is -0.639. The van der Waals surface area contributed by atoms with Crippen LogP contribution in [0.3, 0.4) is 0 Å². The number of nitrogens with two attached hydrogens (primary N) is 1. The van der Waals surface area contributed by atoms with Gasteiger partial charge >= 0.3 is 0 Å². The van der Waals surface area contributed by atoms with Crippen molar-refractivity contribution in [1.29, 1.82) is 0 Å². The van der Waals surface area contributed by atoms with Crippen LogP contribution in [0.4, 0.5) is 10.1 Å². The highest BCUT2D eigenvalue weighted by Crippen LogP contribution is 2.22. The van der Waals surface area contributed by atoms with Crippen molar-refractivity contribution >= 4 is 23.2 Å². The van der Waals surface area contributed by atoms with Crippen molar-refractivity contribution in [2.24, 2.45) is 5.73 Å². The highest BCUT2D eigenvalue weighted by molar-refractivity contribution is 6.33. The summed E-state index contributed by atoms with van der Waals surface area (Å²) >= 11 is 5.88. The van der Waals surface area contributed by atoms with Gasteiger partial charge in [-0.15, -0.1) is 0 Å². The van der Waals surface area contributed by atoms with Gasteiger partial charge in [-0.05, 0) is 25.1 Å². The first-order valence-electron chi connectivity index (χ1n) is 6.80. The van der Waals surface area contributed by atoms with Gasteiger partial charge in [0.1, 0.15) is 5.82 Å². The maximum absolute atomic E-state index is 12.9. The Hall–Kier alpha value is -1.21. The van der Waals surface area contributed by atoms with E-state index in [2.05, 4.69) is 5.32 Å². The minimum Gasteiger partial charge on any atom is -0.374 e. The highest BCUT2D eigenvalue weighted by atomic mass is 35.5. The van der Waals surface area contributed by atoms with E-state index >= 15 is 0 Å². The number of nitrogens with one attached hydrogen (secondary N) is 1. The molecule has 1 aliphatic heterocycles. The quantitative estimate of drug-likeness (QED) is 0.883. The minimum atomic E-state index is -0.439. The number of amides is 1. The number of hydrogen-bond acceptors (Lipinski definition) is 4. The van der Waals surface area contributed by atoms with Crippen LogP contribution in [0.1, 0.15) is 6.92 Å². The number of carbonyl (C=O) groups excluding carboxylic acids is 1. The van der Waals surface area contributed by atoms with Crippen molar-refractivity contribution in [3.63, 3.8) is 0 Å². The first kappa shape index (κ1) is 16.2. The Balaban J connectivity index is 1.89. The third kappa shape index (κ3) is 4.64. The minimum absolute atomic E-state index is 0.0686. The summed E-state index contributed by atoms with van der Waals surface area (Å²) in [5.41, 5.74) is 6.22. The van der Waals surface area contributed by atoms with Crippen LogP contribution in [0, 0.1) is 5.82 Å². The predicted octanol–water partition coefficient (Wildman–Crippen LogP) is 1.47.